The van der Waals surface area contributed by atoms with E-state index in [2.05, 4.69) is 20.7 Å². The predicted molar refractivity (Wildman–Crippen MR) is 104 cm³/mol. The van der Waals surface area contributed by atoms with Gasteiger partial charge in [-0.15, -0.1) is 0 Å². The van der Waals surface area contributed by atoms with E-state index in [1.165, 1.54) is 0 Å². The molecule has 0 aromatic heterocycles. The fourth-order valence-electron chi connectivity index (χ4n) is 2.60. The first kappa shape index (κ1) is 17.9. The number of hydrogen-bond donors (Lipinski definition) is 1. The van der Waals surface area contributed by atoms with Gasteiger partial charge < -0.3 is 0 Å². The Balaban J connectivity index is 2.02. The van der Waals surface area contributed by atoms with Gasteiger partial charge in [0.1, 0.15) is 0 Å². The van der Waals surface area contributed by atoms with E-state index in [4.69, 9.17) is 0 Å². The van der Waals surface area contributed by atoms with Crippen LogP contribution >= 0.6 is 15.9 Å². The van der Waals surface area contributed by atoms with Gasteiger partial charge in [0.25, 0.3) is 0 Å². The van der Waals surface area contributed by atoms with Gasteiger partial charge in [0.15, 0.2) is 0 Å². The average Bonchev–Trinajstić information content (AvgIpc) is 2.61. The quantitative estimate of drug-likeness (QED) is 0.648. The van der Waals surface area contributed by atoms with E-state index in [0.29, 0.717) is 0 Å². The zero-order chi connectivity index (χ0) is 17.9. The lowest BCUT2D eigenvalue weighted by molar-refractivity contribution is 0.572. The molecule has 128 valence electrons. The summed E-state index contributed by atoms with van der Waals surface area (Å²) >= 11 is 3.46. The van der Waals surface area contributed by atoms with Crippen LogP contribution in [0.1, 0.15) is 22.7 Å². The van der Waals surface area contributed by atoms with Crippen LogP contribution in [0.5, 0.6) is 0 Å². The minimum atomic E-state index is -3.65. The van der Waals surface area contributed by atoms with Crippen molar-refractivity contribution in [3.05, 3.63) is 100 Å². The molecule has 3 nitrogen and oxygen atoms in total. The Morgan fingerprint density at radius 2 is 1.48 bits per heavy atom. The van der Waals surface area contributed by atoms with Crippen LogP contribution in [-0.4, -0.2) is 8.42 Å². The molecular weight excluding hydrogens is 398 g/mol. The Hall–Kier alpha value is -1.95. The molecule has 0 spiro atoms. The lowest BCUT2D eigenvalue weighted by Crippen LogP contribution is -2.29. The Kier molecular flexibility index (Phi) is 5.37. The second-order valence-electron chi connectivity index (χ2n) is 5.83. The Labute approximate surface area is 156 Å². The van der Waals surface area contributed by atoms with Crippen LogP contribution in [0.25, 0.3) is 0 Å². The molecule has 0 aliphatic carbocycles. The summed E-state index contributed by atoms with van der Waals surface area (Å²) in [4.78, 5) is 0.258. The third kappa shape index (κ3) is 4.37. The van der Waals surface area contributed by atoms with Crippen LogP contribution in [0.3, 0.4) is 0 Å². The Morgan fingerprint density at radius 3 is 2.12 bits per heavy atom. The van der Waals surface area contributed by atoms with Crippen LogP contribution < -0.4 is 4.72 Å². The van der Waals surface area contributed by atoms with Crippen LogP contribution in [-0.2, 0) is 10.0 Å². The summed E-state index contributed by atoms with van der Waals surface area (Å²) in [5.41, 5.74) is 2.78. The summed E-state index contributed by atoms with van der Waals surface area (Å²) in [5.74, 6) is 0. The molecule has 0 aliphatic rings. The van der Waals surface area contributed by atoms with Gasteiger partial charge in [-0.05, 0) is 42.3 Å². The van der Waals surface area contributed by atoms with Gasteiger partial charge in [-0.3, -0.25) is 0 Å². The fourth-order valence-corrected chi connectivity index (χ4v) is 4.23. The largest absolute Gasteiger partial charge is 0.241 e. The van der Waals surface area contributed by atoms with Crippen LogP contribution in [0.2, 0.25) is 0 Å². The van der Waals surface area contributed by atoms with Gasteiger partial charge >= 0.3 is 0 Å². The third-order valence-corrected chi connectivity index (χ3v) is 5.85. The molecule has 0 heterocycles. The molecule has 5 heteroatoms. The highest BCUT2D eigenvalue weighted by Gasteiger charge is 2.23. The monoisotopic (exact) mass is 415 g/mol. The van der Waals surface area contributed by atoms with Crippen molar-refractivity contribution in [2.24, 2.45) is 0 Å². The van der Waals surface area contributed by atoms with E-state index >= 15 is 0 Å². The first-order chi connectivity index (χ1) is 12.0. The highest BCUT2D eigenvalue weighted by Crippen LogP contribution is 2.26. The first-order valence-corrected chi connectivity index (χ1v) is 10.1. The highest BCUT2D eigenvalue weighted by molar-refractivity contribution is 9.10. The van der Waals surface area contributed by atoms with E-state index in [-0.39, 0.29) is 4.90 Å². The van der Waals surface area contributed by atoms with Crippen LogP contribution in [0.15, 0.2) is 88.2 Å². The van der Waals surface area contributed by atoms with Crippen molar-refractivity contribution in [2.45, 2.75) is 17.9 Å². The van der Waals surface area contributed by atoms with Gasteiger partial charge in [0, 0.05) is 4.47 Å². The number of rotatable bonds is 5. The molecule has 0 saturated carbocycles. The zero-order valence-electron chi connectivity index (χ0n) is 13.7. The molecule has 1 N–H and O–H groups in total. The zero-order valence-corrected chi connectivity index (χ0v) is 16.1. The number of aryl methyl sites for hydroxylation is 1. The van der Waals surface area contributed by atoms with Gasteiger partial charge in [-0.2, -0.15) is 4.72 Å². The molecule has 0 amide bonds. The number of sulfonamides is 1. The number of hydrogen-bond acceptors (Lipinski definition) is 2. The van der Waals surface area contributed by atoms with Gasteiger partial charge in [-0.1, -0.05) is 76.1 Å². The molecule has 0 aliphatic heterocycles. The summed E-state index contributed by atoms with van der Waals surface area (Å²) < 4.78 is 29.5. The lowest BCUT2D eigenvalue weighted by Gasteiger charge is -2.20. The molecular formula is C20H18BrNO2S. The lowest BCUT2D eigenvalue weighted by atomic mass is 10.00. The number of halogens is 1. The molecule has 0 bridgehead atoms. The van der Waals surface area contributed by atoms with E-state index in [1.807, 2.05) is 61.5 Å². The van der Waals surface area contributed by atoms with Crippen molar-refractivity contribution in [2.75, 3.05) is 0 Å². The first-order valence-electron chi connectivity index (χ1n) is 7.85. The highest BCUT2D eigenvalue weighted by atomic mass is 79.9. The van der Waals surface area contributed by atoms with E-state index < -0.39 is 16.1 Å². The Bertz CT molecular complexity index is 955. The van der Waals surface area contributed by atoms with Gasteiger partial charge in [0.05, 0.1) is 10.9 Å². The number of nitrogens with one attached hydrogen (secondary N) is 1. The summed E-state index contributed by atoms with van der Waals surface area (Å²) in [7, 11) is -3.65. The molecule has 3 aromatic rings. The standard InChI is InChI=1S/C20H18BrNO2S/c1-15-10-12-19(13-11-15)25(23,24)22-20(16-6-3-2-4-7-16)17-8-5-9-18(21)14-17/h2-14,20,22H,1H3/t20-/m0/s1. The molecule has 25 heavy (non-hydrogen) atoms. The summed E-state index contributed by atoms with van der Waals surface area (Å²) in [6.45, 7) is 1.93. The molecule has 3 rings (SSSR count). The van der Waals surface area contributed by atoms with Gasteiger partial charge in [0.2, 0.25) is 10.0 Å². The average molecular weight is 416 g/mol. The second-order valence-corrected chi connectivity index (χ2v) is 8.46. The topological polar surface area (TPSA) is 46.2 Å². The van der Waals surface area contributed by atoms with Crippen molar-refractivity contribution in [1.82, 2.24) is 4.72 Å². The normalized spacial score (nSPS) is 12.7. The summed E-state index contributed by atoms with van der Waals surface area (Å²) in [5, 5.41) is 0. The number of benzene rings is 3. The Morgan fingerprint density at radius 1 is 0.840 bits per heavy atom. The molecule has 0 unspecified atom stereocenters. The predicted octanol–water partition coefficient (Wildman–Crippen LogP) is 4.83. The minimum absolute atomic E-state index is 0.258. The maximum Gasteiger partial charge on any atom is 0.241 e. The van der Waals surface area contributed by atoms with Crippen molar-refractivity contribution < 1.29 is 8.42 Å². The molecule has 3 aromatic carbocycles. The molecule has 1 atom stereocenters. The maximum atomic E-state index is 12.9. The second kappa shape index (κ2) is 7.52. The van der Waals surface area contributed by atoms with Crippen molar-refractivity contribution in [1.29, 1.82) is 0 Å². The SMILES string of the molecule is Cc1ccc(S(=O)(=O)N[C@@H](c2ccccc2)c2cccc(Br)c2)cc1. The third-order valence-electron chi connectivity index (χ3n) is 3.92. The smallest absolute Gasteiger partial charge is 0.207 e. The van der Waals surface area contributed by atoms with Crippen molar-refractivity contribution in [3.8, 4) is 0 Å². The molecule has 0 fully saturated rings. The summed E-state index contributed by atoms with van der Waals surface area (Å²) in [6.07, 6.45) is 0. The molecule has 0 saturated heterocycles. The van der Waals surface area contributed by atoms with E-state index in [9.17, 15) is 8.42 Å². The molecule has 0 radical (unpaired) electrons. The van der Waals surface area contributed by atoms with Gasteiger partial charge in [-0.25, -0.2) is 8.42 Å². The van der Waals surface area contributed by atoms with Crippen molar-refractivity contribution in [3.63, 3.8) is 0 Å². The maximum absolute atomic E-state index is 12.9. The van der Waals surface area contributed by atoms with E-state index in [1.54, 1.807) is 24.3 Å². The van der Waals surface area contributed by atoms with Crippen LogP contribution in [0.4, 0.5) is 0 Å². The fraction of sp³-hybridized carbons (Fsp3) is 0.100. The van der Waals surface area contributed by atoms with Crippen molar-refractivity contribution >= 4 is 26.0 Å². The van der Waals surface area contributed by atoms with E-state index in [0.717, 1.165) is 21.2 Å². The summed E-state index contributed by atoms with van der Waals surface area (Å²) in [6, 6.07) is 23.6. The van der Waals surface area contributed by atoms with Crippen LogP contribution in [0, 0.1) is 6.92 Å². The minimum Gasteiger partial charge on any atom is -0.207 e.